The minimum Gasteiger partial charge on any atom is -0.467 e. The Balaban J connectivity index is 1.75. The Kier molecular flexibility index (Phi) is 4.90. The third-order valence-corrected chi connectivity index (χ3v) is 4.12. The molecule has 3 N–H and O–H groups in total. The van der Waals surface area contributed by atoms with Crippen molar-refractivity contribution in [1.29, 1.82) is 0 Å². The van der Waals surface area contributed by atoms with Crippen molar-refractivity contribution >= 4 is 11.9 Å². The fourth-order valence-corrected chi connectivity index (χ4v) is 2.90. The highest BCUT2D eigenvalue weighted by Crippen LogP contribution is 2.15. The molecule has 1 aliphatic heterocycles. The van der Waals surface area contributed by atoms with Gasteiger partial charge in [-0.2, -0.15) is 0 Å². The van der Waals surface area contributed by atoms with Gasteiger partial charge in [-0.3, -0.25) is 4.79 Å². The zero-order valence-electron chi connectivity index (χ0n) is 13.4. The maximum atomic E-state index is 12.8. The highest BCUT2D eigenvalue weighted by Gasteiger charge is 2.37. The molecule has 1 amide bonds. The lowest BCUT2D eigenvalue weighted by atomic mass is 10.0. The number of amides is 1. The Morgan fingerprint density at radius 2 is 2.04 bits per heavy atom. The van der Waals surface area contributed by atoms with E-state index in [0.29, 0.717) is 25.9 Å². The Hall–Kier alpha value is -2.68. The summed E-state index contributed by atoms with van der Waals surface area (Å²) in [6, 6.07) is -1.07. The lowest BCUT2D eigenvalue weighted by Crippen LogP contribution is -2.61. The average Bonchev–Trinajstić information content (AvgIpc) is 3.28. The molecule has 0 saturated carbocycles. The van der Waals surface area contributed by atoms with E-state index < -0.39 is 18.1 Å². The molecule has 1 saturated heterocycles. The van der Waals surface area contributed by atoms with Crippen LogP contribution in [0.5, 0.6) is 0 Å². The van der Waals surface area contributed by atoms with E-state index in [1.54, 1.807) is 29.9 Å². The number of esters is 1. The molecule has 3 rings (SSSR count). The maximum absolute atomic E-state index is 12.8. The summed E-state index contributed by atoms with van der Waals surface area (Å²) in [4.78, 5) is 40.5. The van der Waals surface area contributed by atoms with Crippen molar-refractivity contribution in [3.05, 3.63) is 36.4 Å². The van der Waals surface area contributed by atoms with Crippen LogP contribution in [0.2, 0.25) is 0 Å². The molecule has 0 aliphatic carbocycles. The Morgan fingerprint density at radius 1 is 1.33 bits per heavy atom. The summed E-state index contributed by atoms with van der Waals surface area (Å²) in [5, 5.41) is 3.20. The Morgan fingerprint density at radius 3 is 2.67 bits per heavy atom. The third kappa shape index (κ3) is 3.46. The first-order chi connectivity index (χ1) is 11.7. The smallest absolute Gasteiger partial charge is 0.328 e. The van der Waals surface area contributed by atoms with Crippen molar-refractivity contribution in [2.45, 2.75) is 24.9 Å². The monoisotopic (exact) mass is 332 g/mol. The van der Waals surface area contributed by atoms with E-state index in [4.69, 9.17) is 4.74 Å². The van der Waals surface area contributed by atoms with Gasteiger partial charge in [-0.15, -0.1) is 0 Å². The molecule has 2 aromatic rings. The molecule has 1 aliphatic rings. The number of carbonyl (C=O) groups excluding carboxylic acids is 2. The number of rotatable bonds is 6. The van der Waals surface area contributed by atoms with Crippen molar-refractivity contribution in [2.24, 2.45) is 0 Å². The number of hydrogen-bond donors (Lipinski definition) is 3. The van der Waals surface area contributed by atoms with E-state index in [1.165, 1.54) is 7.11 Å². The highest BCUT2D eigenvalue weighted by molar-refractivity contribution is 5.88. The van der Waals surface area contributed by atoms with Crippen LogP contribution in [0.4, 0.5) is 0 Å². The van der Waals surface area contributed by atoms with Crippen LogP contribution in [0.1, 0.15) is 11.4 Å². The van der Waals surface area contributed by atoms with Gasteiger partial charge >= 0.3 is 5.97 Å². The summed E-state index contributed by atoms with van der Waals surface area (Å²) in [5.74, 6) is -0.550. The molecular formula is C15H20N6O3. The number of methoxy groups -OCH3 is 1. The van der Waals surface area contributed by atoms with Gasteiger partial charge in [-0.05, 0) is 0 Å². The van der Waals surface area contributed by atoms with E-state index in [-0.39, 0.29) is 5.91 Å². The van der Waals surface area contributed by atoms with E-state index in [0.717, 1.165) is 11.4 Å². The Labute approximate surface area is 138 Å². The lowest BCUT2D eigenvalue weighted by molar-refractivity contribution is -0.155. The van der Waals surface area contributed by atoms with Gasteiger partial charge in [0.05, 0.1) is 25.8 Å². The number of nitrogens with one attached hydrogen (secondary N) is 3. The van der Waals surface area contributed by atoms with Crippen LogP contribution in [0.15, 0.2) is 25.0 Å². The number of hydrogen-bond acceptors (Lipinski definition) is 6. The average molecular weight is 332 g/mol. The van der Waals surface area contributed by atoms with Crippen LogP contribution < -0.4 is 5.32 Å². The minimum atomic E-state index is -0.672. The van der Waals surface area contributed by atoms with Crippen LogP contribution in [-0.4, -0.2) is 69.0 Å². The van der Waals surface area contributed by atoms with Crippen LogP contribution in [0, 0.1) is 0 Å². The Bertz CT molecular complexity index is 669. The standard InChI is InChI=1S/C15H20N6O3/c1-24-15(23)13(5-11-7-17-9-20-11)21-3-2-18-12(14(21)22)4-10-6-16-8-19-10/h6-9,12-13,18H,2-5H2,1H3,(H,16,19)(H,17,20)/t12-,13-/m0/s1. The highest BCUT2D eigenvalue weighted by atomic mass is 16.5. The summed E-state index contributed by atoms with van der Waals surface area (Å²) in [5.41, 5.74) is 1.65. The van der Waals surface area contributed by atoms with Gasteiger partial charge in [0.15, 0.2) is 0 Å². The van der Waals surface area contributed by atoms with E-state index in [9.17, 15) is 9.59 Å². The molecule has 128 valence electrons. The van der Waals surface area contributed by atoms with Gasteiger partial charge < -0.3 is 24.9 Å². The molecule has 0 unspecified atom stereocenters. The molecule has 0 spiro atoms. The normalized spacial score (nSPS) is 19.3. The van der Waals surface area contributed by atoms with Gasteiger partial charge in [0.25, 0.3) is 0 Å². The van der Waals surface area contributed by atoms with Gasteiger partial charge in [-0.25, -0.2) is 14.8 Å². The zero-order chi connectivity index (χ0) is 16.9. The van der Waals surface area contributed by atoms with Crippen molar-refractivity contribution in [3.63, 3.8) is 0 Å². The van der Waals surface area contributed by atoms with Crippen molar-refractivity contribution in [3.8, 4) is 0 Å². The van der Waals surface area contributed by atoms with Gasteiger partial charge in [-0.1, -0.05) is 0 Å². The van der Waals surface area contributed by atoms with Crippen LogP contribution >= 0.6 is 0 Å². The second kappa shape index (κ2) is 7.26. The van der Waals surface area contributed by atoms with Crippen molar-refractivity contribution < 1.29 is 14.3 Å². The SMILES string of the molecule is COC(=O)[C@H](Cc1cnc[nH]1)N1CCN[C@@H](Cc2cnc[nH]2)C1=O. The fourth-order valence-electron chi connectivity index (χ4n) is 2.90. The molecule has 1 fully saturated rings. The summed E-state index contributed by atoms with van der Waals surface area (Å²) in [6.07, 6.45) is 7.30. The number of aromatic nitrogens is 4. The minimum absolute atomic E-state index is 0.120. The number of imidazole rings is 2. The predicted molar refractivity (Wildman–Crippen MR) is 83.9 cm³/mol. The first kappa shape index (κ1) is 16.2. The van der Waals surface area contributed by atoms with Crippen molar-refractivity contribution in [2.75, 3.05) is 20.2 Å². The van der Waals surface area contributed by atoms with Gasteiger partial charge in [0.1, 0.15) is 6.04 Å². The number of piperazine rings is 1. The second-order valence-electron chi connectivity index (χ2n) is 5.64. The first-order valence-electron chi connectivity index (χ1n) is 7.75. The van der Waals surface area contributed by atoms with E-state index >= 15 is 0 Å². The number of carbonyl (C=O) groups is 2. The summed E-state index contributed by atoms with van der Waals surface area (Å²) in [7, 11) is 1.33. The molecular weight excluding hydrogens is 312 g/mol. The molecule has 24 heavy (non-hydrogen) atoms. The maximum Gasteiger partial charge on any atom is 0.328 e. The number of H-pyrrole nitrogens is 2. The summed E-state index contributed by atoms with van der Waals surface area (Å²) < 4.78 is 4.90. The third-order valence-electron chi connectivity index (χ3n) is 4.12. The molecule has 2 atom stereocenters. The van der Waals surface area contributed by atoms with E-state index in [1.807, 2.05) is 0 Å². The molecule has 3 heterocycles. The fraction of sp³-hybridized carbons (Fsp3) is 0.467. The molecule has 0 radical (unpaired) electrons. The largest absolute Gasteiger partial charge is 0.467 e. The van der Waals surface area contributed by atoms with Crippen LogP contribution in [0.25, 0.3) is 0 Å². The van der Waals surface area contributed by atoms with Gasteiger partial charge in [0.2, 0.25) is 5.91 Å². The van der Waals surface area contributed by atoms with Crippen molar-refractivity contribution in [1.82, 2.24) is 30.2 Å². The molecule has 0 aromatic carbocycles. The zero-order valence-corrected chi connectivity index (χ0v) is 13.4. The lowest BCUT2D eigenvalue weighted by Gasteiger charge is -2.37. The molecule has 9 heteroatoms. The molecule has 2 aromatic heterocycles. The quantitative estimate of drug-likeness (QED) is 0.600. The summed E-state index contributed by atoms with van der Waals surface area (Å²) >= 11 is 0. The summed E-state index contributed by atoms with van der Waals surface area (Å²) in [6.45, 7) is 1.06. The molecule has 9 nitrogen and oxygen atoms in total. The van der Waals surface area contributed by atoms with Gasteiger partial charge in [0, 0.05) is 49.7 Å². The van der Waals surface area contributed by atoms with Crippen LogP contribution in [0.3, 0.4) is 0 Å². The second-order valence-corrected chi connectivity index (χ2v) is 5.64. The number of aromatic amines is 2. The number of ether oxygens (including phenoxy) is 1. The topological polar surface area (TPSA) is 116 Å². The molecule has 0 bridgehead atoms. The van der Waals surface area contributed by atoms with E-state index in [2.05, 4.69) is 25.3 Å². The van der Waals surface area contributed by atoms with Crippen LogP contribution in [-0.2, 0) is 27.2 Å². The first-order valence-corrected chi connectivity index (χ1v) is 7.75. The number of nitrogens with zero attached hydrogens (tertiary/aromatic N) is 3. The predicted octanol–water partition coefficient (Wildman–Crippen LogP) is -0.740.